The maximum Gasteiger partial charge on any atom is 0.339 e. The first kappa shape index (κ1) is 23.0. The number of fused-ring (bicyclic) bond motifs is 2. The van der Waals surface area contributed by atoms with Crippen LogP contribution in [0.4, 0.5) is 5.69 Å². The van der Waals surface area contributed by atoms with Gasteiger partial charge in [-0.05, 0) is 85.0 Å². The van der Waals surface area contributed by atoms with Crippen molar-refractivity contribution < 1.29 is 14.3 Å². The van der Waals surface area contributed by atoms with Crippen LogP contribution in [0, 0.1) is 13.8 Å². The van der Waals surface area contributed by atoms with Gasteiger partial charge in [0.25, 0.3) is 5.91 Å². The molecule has 0 aliphatic heterocycles. The number of nitrogens with zero attached hydrogens (tertiary/aromatic N) is 1. The van der Waals surface area contributed by atoms with Gasteiger partial charge >= 0.3 is 5.97 Å². The number of pyridine rings is 1. The largest absolute Gasteiger partial charge is 0.452 e. The Balaban J connectivity index is 1.45. The zero-order valence-electron chi connectivity index (χ0n) is 19.8. The number of hydrogen-bond donors (Lipinski definition) is 1. The number of para-hydroxylation sites is 1. The predicted molar refractivity (Wildman–Crippen MR) is 142 cm³/mol. The smallest absolute Gasteiger partial charge is 0.339 e. The summed E-state index contributed by atoms with van der Waals surface area (Å²) >= 11 is 1.68. The van der Waals surface area contributed by atoms with Gasteiger partial charge in [-0.25, -0.2) is 9.78 Å². The first-order valence-corrected chi connectivity index (χ1v) is 12.6. The number of ether oxygens (including phenoxy) is 1. The number of nitrogens with one attached hydrogen (secondary N) is 1. The van der Waals surface area contributed by atoms with E-state index in [2.05, 4.69) is 22.8 Å². The number of aromatic nitrogens is 1. The molecule has 6 heteroatoms. The van der Waals surface area contributed by atoms with Crippen molar-refractivity contribution in [1.82, 2.24) is 4.98 Å². The molecule has 0 saturated heterocycles. The van der Waals surface area contributed by atoms with Crippen LogP contribution in [0.5, 0.6) is 0 Å². The molecule has 0 bridgehead atoms. The average Bonchev–Trinajstić information content (AvgIpc) is 3.37. The highest BCUT2D eigenvalue weighted by Crippen LogP contribution is 2.36. The lowest BCUT2D eigenvalue weighted by Gasteiger charge is -2.22. The molecule has 2 heterocycles. The fourth-order valence-corrected chi connectivity index (χ4v) is 5.21. The normalized spacial score (nSPS) is 14.1. The van der Waals surface area contributed by atoms with Crippen LogP contribution in [0.25, 0.3) is 22.6 Å². The van der Waals surface area contributed by atoms with Crippen LogP contribution < -0.4 is 5.32 Å². The van der Waals surface area contributed by atoms with Crippen molar-refractivity contribution in [3.05, 3.63) is 92.8 Å². The van der Waals surface area contributed by atoms with E-state index in [1.54, 1.807) is 11.3 Å². The molecular formula is C29H26N2O3S. The summed E-state index contributed by atoms with van der Waals surface area (Å²) < 4.78 is 5.55. The van der Waals surface area contributed by atoms with E-state index in [0.29, 0.717) is 5.56 Å². The Bertz CT molecular complexity index is 1450. The van der Waals surface area contributed by atoms with Gasteiger partial charge in [0.15, 0.2) is 6.61 Å². The van der Waals surface area contributed by atoms with Crippen LogP contribution in [0.1, 0.15) is 50.5 Å². The fraction of sp³-hybridized carbons (Fsp3) is 0.207. The van der Waals surface area contributed by atoms with Crippen molar-refractivity contribution in [1.29, 1.82) is 0 Å². The number of anilines is 1. The van der Waals surface area contributed by atoms with Crippen molar-refractivity contribution in [2.75, 3.05) is 11.9 Å². The van der Waals surface area contributed by atoms with Crippen molar-refractivity contribution in [2.24, 2.45) is 0 Å². The molecule has 0 atom stereocenters. The first-order valence-electron chi connectivity index (χ1n) is 11.7. The number of thiophene rings is 1. The summed E-state index contributed by atoms with van der Waals surface area (Å²) in [4.78, 5) is 32.1. The first-order chi connectivity index (χ1) is 17.0. The molecule has 4 aromatic rings. The van der Waals surface area contributed by atoms with Crippen LogP contribution in [0.3, 0.4) is 0 Å². The molecule has 1 amide bonds. The Kier molecular flexibility index (Phi) is 6.47. The van der Waals surface area contributed by atoms with Gasteiger partial charge in [0.1, 0.15) is 0 Å². The number of hydrogen-bond acceptors (Lipinski definition) is 5. The number of esters is 1. The highest BCUT2D eigenvalue weighted by molar-refractivity contribution is 7.10. The summed E-state index contributed by atoms with van der Waals surface area (Å²) in [5.41, 5.74) is 6.95. The molecule has 0 radical (unpaired) electrons. The Hall–Kier alpha value is -3.77. The molecule has 0 spiro atoms. The maximum absolute atomic E-state index is 13.4. The van der Waals surface area contributed by atoms with E-state index in [1.807, 2.05) is 62.4 Å². The molecule has 2 aromatic carbocycles. The molecule has 1 aliphatic carbocycles. The van der Waals surface area contributed by atoms with Crippen molar-refractivity contribution in [3.63, 3.8) is 0 Å². The molecule has 176 valence electrons. The molecule has 1 N–H and O–H groups in total. The number of allylic oxidation sites excluding steroid dienone is 1. The number of carbonyl (C=O) groups excluding carboxylic acids is 2. The standard InChI is InChI=1S/C29H26N2O3S/c1-18-8-5-14-24(19(18)2)30-26(32)17-34-29(33)27-22-11-3-4-13-25(22)31-28-20(9-6-12-23(27)28)16-21-10-7-15-35-21/h3-5,7-8,10-11,13-16H,6,9,12,17H2,1-2H3,(H,30,32)/b20-16-. The lowest BCUT2D eigenvalue weighted by molar-refractivity contribution is -0.119. The lowest BCUT2D eigenvalue weighted by Crippen LogP contribution is -2.23. The second-order valence-corrected chi connectivity index (χ2v) is 9.72. The van der Waals surface area contributed by atoms with Gasteiger partial charge in [0, 0.05) is 16.0 Å². The zero-order valence-corrected chi connectivity index (χ0v) is 20.6. The van der Waals surface area contributed by atoms with Gasteiger partial charge < -0.3 is 10.1 Å². The zero-order chi connectivity index (χ0) is 24.4. The molecule has 35 heavy (non-hydrogen) atoms. The molecule has 0 unspecified atom stereocenters. The Labute approximate surface area is 208 Å². The predicted octanol–water partition coefficient (Wildman–Crippen LogP) is 6.59. The molecule has 0 saturated carbocycles. The maximum atomic E-state index is 13.4. The van der Waals surface area contributed by atoms with Gasteiger partial charge in [0.05, 0.1) is 16.8 Å². The summed E-state index contributed by atoms with van der Waals surface area (Å²) in [6.07, 6.45) is 4.74. The van der Waals surface area contributed by atoms with E-state index < -0.39 is 5.97 Å². The van der Waals surface area contributed by atoms with Crippen molar-refractivity contribution in [2.45, 2.75) is 33.1 Å². The van der Waals surface area contributed by atoms with E-state index in [-0.39, 0.29) is 12.5 Å². The van der Waals surface area contributed by atoms with Gasteiger partial charge in [0.2, 0.25) is 0 Å². The topological polar surface area (TPSA) is 68.3 Å². The molecule has 0 fully saturated rings. The second-order valence-electron chi connectivity index (χ2n) is 8.74. The minimum absolute atomic E-state index is 0.352. The summed E-state index contributed by atoms with van der Waals surface area (Å²) in [7, 11) is 0. The van der Waals surface area contributed by atoms with E-state index in [4.69, 9.17) is 9.72 Å². The van der Waals surface area contributed by atoms with Gasteiger partial charge in [-0.3, -0.25) is 4.79 Å². The third-order valence-corrected chi connectivity index (χ3v) is 7.27. The number of rotatable bonds is 5. The highest BCUT2D eigenvalue weighted by atomic mass is 32.1. The van der Waals surface area contributed by atoms with E-state index in [0.717, 1.165) is 68.7 Å². The highest BCUT2D eigenvalue weighted by Gasteiger charge is 2.26. The van der Waals surface area contributed by atoms with Gasteiger partial charge in [-0.1, -0.05) is 36.4 Å². The SMILES string of the molecule is Cc1cccc(NC(=O)COC(=O)c2c3c(nc4ccccc24)/C(=C\c2cccs2)CCC3)c1C. The molecule has 5 rings (SSSR count). The minimum Gasteiger partial charge on any atom is -0.452 e. The van der Waals surface area contributed by atoms with Crippen molar-refractivity contribution >= 4 is 51.5 Å². The van der Waals surface area contributed by atoms with Crippen LogP contribution in [0.2, 0.25) is 0 Å². The van der Waals surface area contributed by atoms with Crippen LogP contribution >= 0.6 is 11.3 Å². The molecular weight excluding hydrogens is 456 g/mol. The summed E-state index contributed by atoms with van der Waals surface area (Å²) in [5, 5.41) is 5.66. The third-order valence-electron chi connectivity index (χ3n) is 6.45. The lowest BCUT2D eigenvalue weighted by atomic mass is 9.86. The molecule has 5 nitrogen and oxygen atoms in total. The molecule has 1 aliphatic rings. The third kappa shape index (κ3) is 4.75. The Morgan fingerprint density at radius 1 is 1.06 bits per heavy atom. The Morgan fingerprint density at radius 3 is 2.74 bits per heavy atom. The van der Waals surface area contributed by atoms with E-state index in [9.17, 15) is 9.59 Å². The summed E-state index contributed by atoms with van der Waals surface area (Å²) in [6.45, 7) is 3.59. The average molecular weight is 483 g/mol. The van der Waals surface area contributed by atoms with Gasteiger partial charge in [-0.15, -0.1) is 11.3 Å². The fourth-order valence-electron chi connectivity index (χ4n) is 4.53. The van der Waals surface area contributed by atoms with Gasteiger partial charge in [-0.2, -0.15) is 0 Å². The number of amides is 1. The quantitative estimate of drug-likeness (QED) is 0.326. The summed E-state index contributed by atoms with van der Waals surface area (Å²) in [5.74, 6) is -0.856. The van der Waals surface area contributed by atoms with Crippen molar-refractivity contribution in [3.8, 4) is 0 Å². The number of aryl methyl sites for hydroxylation is 1. The minimum atomic E-state index is -0.492. The van der Waals surface area contributed by atoms with Crippen LogP contribution in [-0.4, -0.2) is 23.5 Å². The second kappa shape index (κ2) is 9.84. The molecule has 2 aromatic heterocycles. The van der Waals surface area contributed by atoms with Crippen LogP contribution in [-0.2, 0) is 16.0 Å². The van der Waals surface area contributed by atoms with E-state index >= 15 is 0 Å². The summed E-state index contributed by atoms with van der Waals surface area (Å²) in [6, 6.07) is 17.5. The van der Waals surface area contributed by atoms with E-state index in [1.165, 1.54) is 0 Å². The Morgan fingerprint density at radius 2 is 1.91 bits per heavy atom. The monoisotopic (exact) mass is 482 g/mol. The number of benzene rings is 2. The van der Waals surface area contributed by atoms with Crippen LogP contribution in [0.15, 0.2) is 60.0 Å². The number of carbonyl (C=O) groups is 2.